The minimum atomic E-state index is -0.401. The van der Waals surface area contributed by atoms with E-state index in [2.05, 4.69) is 27.8 Å². The summed E-state index contributed by atoms with van der Waals surface area (Å²) in [4.78, 5) is 25.5. The van der Waals surface area contributed by atoms with Crippen LogP contribution in [0.5, 0.6) is 0 Å². The lowest BCUT2D eigenvalue weighted by atomic mass is 10.0. The first-order chi connectivity index (χ1) is 16.7. The maximum absolute atomic E-state index is 13.2. The molecule has 1 atom stereocenters. The van der Waals surface area contributed by atoms with E-state index >= 15 is 0 Å². The Morgan fingerprint density at radius 3 is 2.43 bits per heavy atom. The number of nitrogens with one attached hydrogen (secondary N) is 2. The van der Waals surface area contributed by atoms with Crippen molar-refractivity contribution in [1.29, 1.82) is 0 Å². The molecule has 0 radical (unpaired) electrons. The van der Waals surface area contributed by atoms with Gasteiger partial charge < -0.3 is 15.2 Å². The molecule has 0 fully saturated rings. The Bertz CT molecular complexity index is 1180. The van der Waals surface area contributed by atoms with E-state index in [-0.39, 0.29) is 23.5 Å². The lowest BCUT2D eigenvalue weighted by Crippen LogP contribution is -2.33. The highest BCUT2D eigenvalue weighted by Crippen LogP contribution is 2.26. The van der Waals surface area contributed by atoms with Crippen LogP contribution in [-0.4, -0.2) is 32.3 Å². The molecule has 1 aromatic heterocycles. The van der Waals surface area contributed by atoms with Crippen LogP contribution in [0, 0.1) is 18.7 Å². The van der Waals surface area contributed by atoms with Crippen molar-refractivity contribution in [3.8, 4) is 0 Å². The number of carbonyl (C=O) groups excluding carboxylic acids is 2. The van der Waals surface area contributed by atoms with E-state index in [1.54, 1.807) is 0 Å². The van der Waals surface area contributed by atoms with Crippen molar-refractivity contribution in [2.75, 3.05) is 11.1 Å². The Morgan fingerprint density at radius 1 is 1.09 bits per heavy atom. The third kappa shape index (κ3) is 6.48. The van der Waals surface area contributed by atoms with Gasteiger partial charge in [-0.25, -0.2) is 4.39 Å². The summed E-state index contributed by atoms with van der Waals surface area (Å²) in [6.07, 6.45) is 0.832. The van der Waals surface area contributed by atoms with E-state index in [1.807, 2.05) is 50.5 Å². The van der Waals surface area contributed by atoms with E-state index in [9.17, 15) is 14.0 Å². The number of hydrogen-bond acceptors (Lipinski definition) is 5. The zero-order valence-electron chi connectivity index (χ0n) is 20.8. The summed E-state index contributed by atoms with van der Waals surface area (Å²) in [6.45, 7) is 10.6. The molecule has 0 bridgehead atoms. The highest BCUT2D eigenvalue weighted by atomic mass is 32.2. The first-order valence-corrected chi connectivity index (χ1v) is 12.7. The molecule has 0 aliphatic rings. The minimum absolute atomic E-state index is 0.0311. The Balaban J connectivity index is 1.73. The highest BCUT2D eigenvalue weighted by molar-refractivity contribution is 7.99. The molecule has 1 heterocycles. The van der Waals surface area contributed by atoms with Gasteiger partial charge in [-0.05, 0) is 61.6 Å². The number of thioether (sulfide) groups is 1. The topological polar surface area (TPSA) is 88.9 Å². The molecule has 3 rings (SSSR count). The van der Waals surface area contributed by atoms with Gasteiger partial charge in [0.05, 0.1) is 11.8 Å². The number of para-hydroxylation sites is 1. The van der Waals surface area contributed by atoms with Gasteiger partial charge in [-0.2, -0.15) is 0 Å². The number of halogens is 1. The standard InChI is InChI=1S/C26H32FN5O2S/c1-6-18-10-8-9-17(5)23(18)28-21(33)15-35-26-31-30-24(32(26)7-2)22(16(3)4)29-25(34)19-11-13-20(27)14-12-19/h8-14,16,22H,6-7,15H2,1-5H3,(H,28,33)(H,29,34). The molecule has 9 heteroatoms. The largest absolute Gasteiger partial charge is 0.342 e. The number of hydrogen-bond donors (Lipinski definition) is 2. The van der Waals surface area contributed by atoms with Gasteiger partial charge in [-0.15, -0.1) is 10.2 Å². The molecule has 0 saturated heterocycles. The molecule has 0 aliphatic heterocycles. The quantitative estimate of drug-likeness (QED) is 0.378. The smallest absolute Gasteiger partial charge is 0.251 e. The Morgan fingerprint density at radius 2 is 1.80 bits per heavy atom. The third-order valence-corrected chi connectivity index (χ3v) is 6.70. The van der Waals surface area contributed by atoms with Crippen LogP contribution in [0.2, 0.25) is 0 Å². The van der Waals surface area contributed by atoms with E-state index < -0.39 is 11.9 Å². The van der Waals surface area contributed by atoms with Crippen molar-refractivity contribution in [1.82, 2.24) is 20.1 Å². The Kier molecular flexibility index (Phi) is 9.03. The number of aromatic nitrogens is 3. The van der Waals surface area contributed by atoms with E-state index in [1.165, 1.54) is 36.0 Å². The van der Waals surface area contributed by atoms with Gasteiger partial charge in [0.25, 0.3) is 5.91 Å². The third-order valence-electron chi connectivity index (χ3n) is 5.74. The summed E-state index contributed by atoms with van der Waals surface area (Å²) in [5.74, 6) is 0.0108. The molecule has 35 heavy (non-hydrogen) atoms. The van der Waals surface area contributed by atoms with Crippen molar-refractivity contribution < 1.29 is 14.0 Å². The van der Waals surface area contributed by atoms with Crippen LogP contribution in [0.3, 0.4) is 0 Å². The van der Waals surface area contributed by atoms with Crippen molar-refractivity contribution in [2.24, 2.45) is 5.92 Å². The summed E-state index contributed by atoms with van der Waals surface area (Å²) in [5, 5.41) is 15.3. The fourth-order valence-electron chi connectivity index (χ4n) is 3.80. The van der Waals surface area contributed by atoms with Crippen LogP contribution in [0.25, 0.3) is 0 Å². The molecular formula is C26H32FN5O2S. The van der Waals surface area contributed by atoms with Crippen LogP contribution in [0.4, 0.5) is 10.1 Å². The lowest BCUT2D eigenvalue weighted by molar-refractivity contribution is -0.113. The number of anilines is 1. The van der Waals surface area contributed by atoms with Gasteiger partial charge >= 0.3 is 0 Å². The van der Waals surface area contributed by atoms with Crippen molar-refractivity contribution in [2.45, 2.75) is 58.8 Å². The van der Waals surface area contributed by atoms with Crippen molar-refractivity contribution in [3.63, 3.8) is 0 Å². The zero-order valence-corrected chi connectivity index (χ0v) is 21.6. The number of aryl methyl sites for hydroxylation is 2. The molecule has 3 aromatic rings. The number of amides is 2. The number of rotatable bonds is 10. The molecule has 7 nitrogen and oxygen atoms in total. The second-order valence-corrected chi connectivity index (χ2v) is 9.53. The second-order valence-electron chi connectivity index (χ2n) is 8.59. The minimum Gasteiger partial charge on any atom is -0.342 e. The molecule has 2 amide bonds. The van der Waals surface area contributed by atoms with E-state index in [0.717, 1.165) is 23.2 Å². The zero-order chi connectivity index (χ0) is 25.5. The van der Waals surface area contributed by atoms with Gasteiger partial charge in [0.15, 0.2) is 11.0 Å². The van der Waals surface area contributed by atoms with Gasteiger partial charge in [-0.3, -0.25) is 9.59 Å². The van der Waals surface area contributed by atoms with Crippen molar-refractivity contribution >= 4 is 29.3 Å². The van der Waals surface area contributed by atoms with Crippen LogP contribution in [0.15, 0.2) is 47.6 Å². The normalized spacial score (nSPS) is 12.0. The lowest BCUT2D eigenvalue weighted by Gasteiger charge is -2.22. The van der Waals surface area contributed by atoms with Gasteiger partial charge in [0.2, 0.25) is 5.91 Å². The molecule has 2 aromatic carbocycles. The van der Waals surface area contributed by atoms with Crippen LogP contribution < -0.4 is 10.6 Å². The Hall–Kier alpha value is -3.20. The Labute approximate surface area is 209 Å². The molecule has 0 aliphatic carbocycles. The number of nitrogens with zero attached hydrogens (tertiary/aromatic N) is 3. The maximum Gasteiger partial charge on any atom is 0.251 e. The summed E-state index contributed by atoms with van der Waals surface area (Å²) < 4.78 is 15.1. The molecule has 1 unspecified atom stereocenters. The van der Waals surface area contributed by atoms with E-state index in [4.69, 9.17) is 0 Å². The summed E-state index contributed by atoms with van der Waals surface area (Å²) in [7, 11) is 0. The fraction of sp³-hybridized carbons (Fsp3) is 0.385. The summed E-state index contributed by atoms with van der Waals surface area (Å²) in [6, 6.07) is 11.0. The first-order valence-electron chi connectivity index (χ1n) is 11.8. The molecule has 0 saturated carbocycles. The van der Waals surface area contributed by atoms with Crippen LogP contribution >= 0.6 is 11.8 Å². The average Bonchev–Trinajstić information content (AvgIpc) is 3.25. The highest BCUT2D eigenvalue weighted by Gasteiger charge is 2.26. The molecule has 2 N–H and O–H groups in total. The fourth-order valence-corrected chi connectivity index (χ4v) is 4.61. The first kappa shape index (κ1) is 26.4. The van der Waals surface area contributed by atoms with Crippen LogP contribution in [0.1, 0.15) is 61.0 Å². The van der Waals surface area contributed by atoms with Gasteiger partial charge in [0, 0.05) is 17.8 Å². The van der Waals surface area contributed by atoms with Gasteiger partial charge in [0.1, 0.15) is 5.82 Å². The average molecular weight is 498 g/mol. The molecular weight excluding hydrogens is 465 g/mol. The second kappa shape index (κ2) is 12.0. The SMILES string of the molecule is CCc1cccc(C)c1NC(=O)CSc1nnc(C(NC(=O)c2ccc(F)cc2)C(C)C)n1CC. The molecule has 186 valence electrons. The predicted octanol–water partition coefficient (Wildman–Crippen LogP) is 5.17. The molecule has 0 spiro atoms. The van der Waals surface area contributed by atoms with Crippen LogP contribution in [-0.2, 0) is 17.8 Å². The number of benzene rings is 2. The van der Waals surface area contributed by atoms with E-state index in [0.29, 0.717) is 23.1 Å². The predicted molar refractivity (Wildman–Crippen MR) is 137 cm³/mol. The maximum atomic E-state index is 13.2. The monoisotopic (exact) mass is 497 g/mol. The summed E-state index contributed by atoms with van der Waals surface area (Å²) >= 11 is 1.31. The van der Waals surface area contributed by atoms with Crippen molar-refractivity contribution in [3.05, 3.63) is 70.8 Å². The summed E-state index contributed by atoms with van der Waals surface area (Å²) in [5.41, 5.74) is 3.35. The number of carbonyl (C=O) groups is 2. The van der Waals surface area contributed by atoms with Gasteiger partial charge in [-0.1, -0.05) is 50.7 Å².